The van der Waals surface area contributed by atoms with Crippen molar-refractivity contribution in [3.63, 3.8) is 0 Å². The molecule has 0 aromatic heterocycles. The highest BCUT2D eigenvalue weighted by Crippen LogP contribution is 2.30. The Hall–Kier alpha value is -1.07. The van der Waals surface area contributed by atoms with E-state index in [1.165, 1.54) is 12.8 Å². The minimum absolute atomic E-state index is 0.369. The van der Waals surface area contributed by atoms with Crippen molar-refractivity contribution in [2.45, 2.75) is 30.6 Å². The van der Waals surface area contributed by atoms with Gasteiger partial charge in [-0.15, -0.1) is 0 Å². The fraction of sp³-hybridized carbons (Fsp3) is 0.571. The second-order valence-corrected chi connectivity index (χ2v) is 7.27. The van der Waals surface area contributed by atoms with E-state index in [-0.39, 0.29) is 0 Å². The van der Waals surface area contributed by atoms with Gasteiger partial charge < -0.3 is 4.74 Å². The van der Waals surface area contributed by atoms with Crippen LogP contribution in [-0.2, 0) is 10.0 Å². The molecule has 0 bridgehead atoms. The molecule has 4 nitrogen and oxygen atoms in total. The summed E-state index contributed by atoms with van der Waals surface area (Å²) in [6, 6.07) is 6.81. The van der Waals surface area contributed by atoms with Gasteiger partial charge in [-0.25, -0.2) is 8.42 Å². The third kappa shape index (κ3) is 2.92. The molecule has 0 spiro atoms. The minimum atomic E-state index is -3.30. The van der Waals surface area contributed by atoms with Gasteiger partial charge in [-0.1, -0.05) is 0 Å². The minimum Gasteiger partial charge on any atom is -0.493 e. The van der Waals surface area contributed by atoms with E-state index in [1.807, 2.05) is 0 Å². The third-order valence-corrected chi connectivity index (χ3v) is 5.62. The summed E-state index contributed by atoms with van der Waals surface area (Å²) in [4.78, 5) is 0.369. The molecule has 1 heterocycles. The van der Waals surface area contributed by atoms with E-state index in [9.17, 15) is 8.42 Å². The Morgan fingerprint density at radius 3 is 2.32 bits per heavy atom. The topological polar surface area (TPSA) is 46.6 Å². The summed E-state index contributed by atoms with van der Waals surface area (Å²) < 4.78 is 31.8. The molecule has 3 rings (SSSR count). The molecule has 5 heteroatoms. The lowest BCUT2D eigenvalue weighted by molar-refractivity contribution is 0.299. The molecule has 1 aromatic rings. The van der Waals surface area contributed by atoms with Crippen LogP contribution in [0, 0.1) is 5.92 Å². The molecule has 2 fully saturated rings. The molecule has 19 heavy (non-hydrogen) atoms. The quantitative estimate of drug-likeness (QED) is 0.831. The van der Waals surface area contributed by atoms with E-state index in [0.29, 0.717) is 23.9 Å². The molecular formula is C14H19NO3S. The number of hydrogen-bond acceptors (Lipinski definition) is 3. The summed E-state index contributed by atoms with van der Waals surface area (Å²) in [6.07, 6.45) is 4.42. The lowest BCUT2D eigenvalue weighted by atomic mass is 10.3. The molecule has 1 saturated heterocycles. The Morgan fingerprint density at radius 1 is 1.11 bits per heavy atom. The average molecular weight is 281 g/mol. The summed E-state index contributed by atoms with van der Waals surface area (Å²) in [7, 11) is -3.30. The standard InChI is InChI=1S/C14H19NO3S/c16-19(17,15-9-1-2-10-15)14-7-5-13(6-8-14)18-11-12-3-4-12/h5-8,12H,1-4,9-11H2. The first-order valence-corrected chi connectivity index (χ1v) is 8.33. The van der Waals surface area contributed by atoms with Gasteiger partial charge in [-0.2, -0.15) is 4.31 Å². The second kappa shape index (κ2) is 5.13. The van der Waals surface area contributed by atoms with Crippen LogP contribution in [0.25, 0.3) is 0 Å². The smallest absolute Gasteiger partial charge is 0.243 e. The summed E-state index contributed by atoms with van der Waals surface area (Å²) >= 11 is 0. The average Bonchev–Trinajstić information content (AvgIpc) is 3.07. The second-order valence-electron chi connectivity index (χ2n) is 5.34. The van der Waals surface area contributed by atoms with Gasteiger partial charge in [0.1, 0.15) is 5.75 Å². The van der Waals surface area contributed by atoms with Gasteiger partial charge >= 0.3 is 0 Å². The van der Waals surface area contributed by atoms with Gasteiger partial charge in [-0.05, 0) is 55.9 Å². The Labute approximate surface area is 114 Å². The zero-order valence-corrected chi connectivity index (χ0v) is 11.7. The van der Waals surface area contributed by atoms with E-state index in [0.717, 1.165) is 25.2 Å². The van der Waals surface area contributed by atoms with Gasteiger partial charge in [0.15, 0.2) is 0 Å². The van der Waals surface area contributed by atoms with Gasteiger partial charge in [-0.3, -0.25) is 0 Å². The molecule has 1 aromatic carbocycles. The van der Waals surface area contributed by atoms with E-state index in [2.05, 4.69) is 0 Å². The molecule has 1 saturated carbocycles. The Balaban J connectivity index is 1.69. The molecule has 0 atom stereocenters. The van der Waals surface area contributed by atoms with Crippen LogP contribution < -0.4 is 4.74 Å². The van der Waals surface area contributed by atoms with Gasteiger partial charge in [0.05, 0.1) is 11.5 Å². The highest BCUT2D eigenvalue weighted by molar-refractivity contribution is 7.89. The maximum absolute atomic E-state index is 12.3. The molecule has 0 radical (unpaired) electrons. The molecule has 1 aliphatic carbocycles. The maximum atomic E-state index is 12.3. The van der Waals surface area contributed by atoms with Crippen LogP contribution in [0.15, 0.2) is 29.2 Å². The van der Waals surface area contributed by atoms with Gasteiger partial charge in [0, 0.05) is 13.1 Å². The number of rotatable bonds is 5. The molecular weight excluding hydrogens is 262 g/mol. The SMILES string of the molecule is O=S(=O)(c1ccc(OCC2CC2)cc1)N1CCCC1. The van der Waals surface area contributed by atoms with E-state index >= 15 is 0 Å². The number of ether oxygens (including phenoxy) is 1. The van der Waals surface area contributed by atoms with Crippen molar-refractivity contribution in [3.05, 3.63) is 24.3 Å². The highest BCUT2D eigenvalue weighted by Gasteiger charge is 2.27. The van der Waals surface area contributed by atoms with Crippen LogP contribution in [0.2, 0.25) is 0 Å². The highest BCUT2D eigenvalue weighted by atomic mass is 32.2. The lowest BCUT2D eigenvalue weighted by Crippen LogP contribution is -2.27. The van der Waals surface area contributed by atoms with Crippen molar-refractivity contribution >= 4 is 10.0 Å². The fourth-order valence-electron chi connectivity index (χ4n) is 2.28. The van der Waals surface area contributed by atoms with Crippen molar-refractivity contribution in [1.82, 2.24) is 4.31 Å². The predicted octanol–water partition coefficient (Wildman–Crippen LogP) is 2.26. The fourth-order valence-corrected chi connectivity index (χ4v) is 3.80. The van der Waals surface area contributed by atoms with Crippen LogP contribution in [0.4, 0.5) is 0 Å². The van der Waals surface area contributed by atoms with Crippen molar-refractivity contribution in [2.75, 3.05) is 19.7 Å². The van der Waals surface area contributed by atoms with E-state index in [1.54, 1.807) is 28.6 Å². The third-order valence-electron chi connectivity index (χ3n) is 3.71. The number of sulfonamides is 1. The van der Waals surface area contributed by atoms with Crippen molar-refractivity contribution in [3.8, 4) is 5.75 Å². The van der Waals surface area contributed by atoms with Gasteiger partial charge in [0.25, 0.3) is 0 Å². The van der Waals surface area contributed by atoms with E-state index in [4.69, 9.17) is 4.74 Å². The first-order valence-electron chi connectivity index (χ1n) is 6.89. The molecule has 2 aliphatic rings. The maximum Gasteiger partial charge on any atom is 0.243 e. The number of nitrogens with zero attached hydrogens (tertiary/aromatic N) is 1. The van der Waals surface area contributed by atoms with Crippen LogP contribution in [0.5, 0.6) is 5.75 Å². The molecule has 1 aliphatic heterocycles. The molecule has 104 valence electrons. The number of benzene rings is 1. The summed E-state index contributed by atoms with van der Waals surface area (Å²) in [5.41, 5.74) is 0. The molecule has 0 amide bonds. The summed E-state index contributed by atoms with van der Waals surface area (Å²) in [6.45, 7) is 2.03. The van der Waals surface area contributed by atoms with Crippen molar-refractivity contribution in [1.29, 1.82) is 0 Å². The zero-order valence-electron chi connectivity index (χ0n) is 10.9. The van der Waals surface area contributed by atoms with Crippen LogP contribution in [0.3, 0.4) is 0 Å². The Bertz CT molecular complexity index is 528. The Kier molecular flexibility index (Phi) is 3.50. The van der Waals surface area contributed by atoms with Crippen molar-refractivity contribution < 1.29 is 13.2 Å². The zero-order chi connectivity index (χ0) is 13.3. The molecule has 0 N–H and O–H groups in total. The van der Waals surface area contributed by atoms with Crippen LogP contribution in [-0.4, -0.2) is 32.4 Å². The first kappa shape index (κ1) is 12.9. The lowest BCUT2D eigenvalue weighted by Gasteiger charge is -2.15. The molecule has 0 unspecified atom stereocenters. The Morgan fingerprint density at radius 2 is 1.74 bits per heavy atom. The first-order chi connectivity index (χ1) is 9.16. The summed E-state index contributed by atoms with van der Waals surface area (Å²) in [5.74, 6) is 1.46. The van der Waals surface area contributed by atoms with Crippen LogP contribution >= 0.6 is 0 Å². The van der Waals surface area contributed by atoms with E-state index < -0.39 is 10.0 Å². The monoisotopic (exact) mass is 281 g/mol. The van der Waals surface area contributed by atoms with Crippen LogP contribution in [0.1, 0.15) is 25.7 Å². The van der Waals surface area contributed by atoms with Gasteiger partial charge in [0.2, 0.25) is 10.0 Å². The van der Waals surface area contributed by atoms with Crippen molar-refractivity contribution in [2.24, 2.45) is 5.92 Å². The normalized spacial score (nSPS) is 20.6. The largest absolute Gasteiger partial charge is 0.493 e. The summed E-state index contributed by atoms with van der Waals surface area (Å²) in [5, 5.41) is 0. The predicted molar refractivity (Wildman–Crippen MR) is 72.7 cm³/mol. The number of hydrogen-bond donors (Lipinski definition) is 0.